The van der Waals surface area contributed by atoms with E-state index in [4.69, 9.17) is 4.74 Å². The van der Waals surface area contributed by atoms with Gasteiger partial charge in [0.2, 0.25) is 0 Å². The van der Waals surface area contributed by atoms with Gasteiger partial charge in [-0.25, -0.2) is 0 Å². The zero-order valence-corrected chi connectivity index (χ0v) is 13.0. The van der Waals surface area contributed by atoms with Crippen LogP contribution < -0.4 is 4.74 Å². The maximum absolute atomic E-state index is 9.65. The van der Waals surface area contributed by atoms with Crippen molar-refractivity contribution in [3.05, 3.63) is 23.0 Å². The predicted molar refractivity (Wildman–Crippen MR) is 79.6 cm³/mol. The minimum Gasteiger partial charge on any atom is -0.496 e. The van der Waals surface area contributed by atoms with Crippen molar-refractivity contribution in [2.75, 3.05) is 7.11 Å². The second kappa shape index (κ2) is 5.83. The topological polar surface area (TPSA) is 45.9 Å². The minimum absolute atomic E-state index is 0.232. The number of hydrogen-bond donors (Lipinski definition) is 0. The normalized spacial score (nSPS) is 26.1. The molecule has 0 aliphatic heterocycles. The average molecular weight is 272 g/mol. The Labute approximate surface area is 122 Å². The molecule has 20 heavy (non-hydrogen) atoms. The van der Waals surface area contributed by atoms with Crippen LogP contribution >= 0.6 is 0 Å². The number of nitriles is 1. The van der Waals surface area contributed by atoms with Crippen LogP contribution in [0.25, 0.3) is 0 Å². The van der Waals surface area contributed by atoms with E-state index in [-0.39, 0.29) is 5.41 Å². The third-order valence-electron chi connectivity index (χ3n) is 4.72. The summed E-state index contributed by atoms with van der Waals surface area (Å²) in [6.07, 6.45) is 6.88. The minimum atomic E-state index is -0.232. The summed E-state index contributed by atoms with van der Waals surface area (Å²) < 4.78 is 5.47. The molecule has 0 aromatic carbocycles. The van der Waals surface area contributed by atoms with Crippen molar-refractivity contribution in [1.29, 1.82) is 5.26 Å². The number of ether oxygens (including phenoxy) is 1. The number of methoxy groups -OCH3 is 1. The molecule has 2 rings (SSSR count). The third-order valence-corrected chi connectivity index (χ3v) is 4.72. The molecule has 0 radical (unpaired) electrons. The Hall–Kier alpha value is -1.56. The van der Waals surface area contributed by atoms with Crippen molar-refractivity contribution >= 4 is 0 Å². The summed E-state index contributed by atoms with van der Waals surface area (Å²) in [7, 11) is 1.70. The summed E-state index contributed by atoms with van der Waals surface area (Å²) in [5.74, 6) is 1.66. The van der Waals surface area contributed by atoms with E-state index in [9.17, 15) is 5.26 Å². The van der Waals surface area contributed by atoms with Gasteiger partial charge in [-0.1, -0.05) is 6.92 Å². The molecule has 1 aromatic heterocycles. The average Bonchev–Trinajstić information content (AvgIpc) is 2.45. The summed E-state index contributed by atoms with van der Waals surface area (Å²) in [5, 5.41) is 9.65. The molecular weight excluding hydrogens is 248 g/mol. The van der Waals surface area contributed by atoms with Gasteiger partial charge in [0.05, 0.1) is 18.6 Å². The SMILES string of the molecule is COc1c(C)cnc(CC2(C#N)CCC(C)CC2)c1C. The van der Waals surface area contributed by atoms with Gasteiger partial charge in [-0.2, -0.15) is 5.26 Å². The van der Waals surface area contributed by atoms with E-state index >= 15 is 0 Å². The zero-order chi connectivity index (χ0) is 14.8. The van der Waals surface area contributed by atoms with Crippen molar-refractivity contribution in [3.63, 3.8) is 0 Å². The summed E-state index contributed by atoms with van der Waals surface area (Å²) in [5.41, 5.74) is 2.92. The summed E-state index contributed by atoms with van der Waals surface area (Å²) in [6.45, 7) is 6.33. The van der Waals surface area contributed by atoms with Crippen LogP contribution in [0.2, 0.25) is 0 Å². The number of aromatic nitrogens is 1. The molecule has 3 heteroatoms. The lowest BCUT2D eigenvalue weighted by Gasteiger charge is -2.34. The fourth-order valence-corrected chi connectivity index (χ4v) is 3.21. The molecule has 1 heterocycles. The zero-order valence-electron chi connectivity index (χ0n) is 13.0. The first-order chi connectivity index (χ1) is 9.51. The van der Waals surface area contributed by atoms with Gasteiger partial charge in [0.15, 0.2) is 0 Å². The number of nitrogens with zero attached hydrogens (tertiary/aromatic N) is 2. The maximum atomic E-state index is 9.65. The molecule has 1 aromatic rings. The molecule has 1 saturated carbocycles. The van der Waals surface area contributed by atoms with Crippen LogP contribution in [0.3, 0.4) is 0 Å². The largest absolute Gasteiger partial charge is 0.496 e. The number of pyridine rings is 1. The van der Waals surface area contributed by atoms with Gasteiger partial charge in [-0.3, -0.25) is 4.98 Å². The van der Waals surface area contributed by atoms with Gasteiger partial charge in [0, 0.05) is 29.4 Å². The van der Waals surface area contributed by atoms with E-state index in [1.807, 2.05) is 20.0 Å². The molecule has 1 aliphatic rings. The molecule has 0 N–H and O–H groups in total. The third kappa shape index (κ3) is 2.80. The smallest absolute Gasteiger partial charge is 0.128 e. The lowest BCUT2D eigenvalue weighted by molar-refractivity contribution is 0.217. The van der Waals surface area contributed by atoms with E-state index in [0.29, 0.717) is 0 Å². The highest BCUT2D eigenvalue weighted by Crippen LogP contribution is 2.41. The Balaban J connectivity index is 2.27. The standard InChI is InChI=1S/C17H24N2O/c1-12-5-7-17(11-18,8-6-12)9-15-14(3)16(20-4)13(2)10-19-15/h10,12H,5-9H2,1-4H3. The van der Waals surface area contributed by atoms with Crippen molar-refractivity contribution < 1.29 is 4.74 Å². The summed E-state index contributed by atoms with van der Waals surface area (Å²) >= 11 is 0. The number of aryl methyl sites for hydroxylation is 1. The lowest BCUT2D eigenvalue weighted by atomic mass is 9.69. The molecule has 0 spiro atoms. The molecule has 1 aliphatic carbocycles. The first-order valence-corrected chi connectivity index (χ1v) is 7.41. The van der Waals surface area contributed by atoms with Crippen molar-refractivity contribution in [3.8, 4) is 11.8 Å². The lowest BCUT2D eigenvalue weighted by Crippen LogP contribution is -2.28. The maximum Gasteiger partial charge on any atom is 0.128 e. The van der Waals surface area contributed by atoms with Gasteiger partial charge in [0.25, 0.3) is 0 Å². The van der Waals surface area contributed by atoms with Gasteiger partial charge >= 0.3 is 0 Å². The summed E-state index contributed by atoms with van der Waals surface area (Å²) in [6, 6.07) is 2.58. The van der Waals surface area contributed by atoms with Crippen LogP contribution in [0, 0.1) is 36.5 Å². The van der Waals surface area contributed by atoms with Crippen molar-refractivity contribution in [2.45, 2.75) is 52.9 Å². The van der Waals surface area contributed by atoms with E-state index in [2.05, 4.69) is 18.0 Å². The first kappa shape index (κ1) is 14.8. The quantitative estimate of drug-likeness (QED) is 0.836. The van der Waals surface area contributed by atoms with E-state index in [0.717, 1.165) is 60.6 Å². The van der Waals surface area contributed by atoms with Crippen LogP contribution in [0.5, 0.6) is 5.75 Å². The Morgan fingerprint density at radius 2 is 2.05 bits per heavy atom. The highest BCUT2D eigenvalue weighted by molar-refractivity contribution is 5.41. The van der Waals surface area contributed by atoms with E-state index < -0.39 is 0 Å². The molecule has 0 saturated heterocycles. The molecule has 108 valence electrons. The van der Waals surface area contributed by atoms with Crippen molar-refractivity contribution in [2.24, 2.45) is 11.3 Å². The van der Waals surface area contributed by atoms with Crippen LogP contribution in [-0.4, -0.2) is 12.1 Å². The number of rotatable bonds is 3. The molecular formula is C17H24N2O. The molecule has 0 unspecified atom stereocenters. The Morgan fingerprint density at radius 3 is 2.60 bits per heavy atom. The fourth-order valence-electron chi connectivity index (χ4n) is 3.21. The first-order valence-electron chi connectivity index (χ1n) is 7.41. The Morgan fingerprint density at radius 1 is 1.40 bits per heavy atom. The predicted octanol–water partition coefficient (Wildman–Crippen LogP) is 3.97. The van der Waals surface area contributed by atoms with Gasteiger partial charge in [-0.15, -0.1) is 0 Å². The Bertz CT molecular complexity index is 523. The van der Waals surface area contributed by atoms with Crippen LogP contribution in [-0.2, 0) is 6.42 Å². The fraction of sp³-hybridized carbons (Fsp3) is 0.647. The Kier molecular flexibility index (Phi) is 4.32. The highest BCUT2D eigenvalue weighted by atomic mass is 16.5. The van der Waals surface area contributed by atoms with Gasteiger partial charge < -0.3 is 4.74 Å². The van der Waals surface area contributed by atoms with Crippen LogP contribution in [0.15, 0.2) is 6.20 Å². The monoisotopic (exact) mass is 272 g/mol. The van der Waals surface area contributed by atoms with Crippen LogP contribution in [0.4, 0.5) is 0 Å². The van der Waals surface area contributed by atoms with Gasteiger partial charge in [0.1, 0.15) is 5.75 Å². The second-order valence-electron chi connectivity index (χ2n) is 6.30. The highest BCUT2D eigenvalue weighted by Gasteiger charge is 2.35. The number of hydrogen-bond acceptors (Lipinski definition) is 3. The molecule has 1 fully saturated rings. The van der Waals surface area contributed by atoms with Gasteiger partial charge in [-0.05, 0) is 45.4 Å². The van der Waals surface area contributed by atoms with Crippen LogP contribution in [0.1, 0.15) is 49.4 Å². The molecule has 3 nitrogen and oxygen atoms in total. The molecule has 0 atom stereocenters. The van der Waals surface area contributed by atoms with E-state index in [1.165, 1.54) is 0 Å². The van der Waals surface area contributed by atoms with E-state index in [1.54, 1.807) is 7.11 Å². The molecule has 0 amide bonds. The second-order valence-corrected chi connectivity index (χ2v) is 6.30. The summed E-state index contributed by atoms with van der Waals surface area (Å²) in [4.78, 5) is 4.56. The van der Waals surface area contributed by atoms with Crippen molar-refractivity contribution in [1.82, 2.24) is 4.98 Å². The molecule has 0 bridgehead atoms.